The molecule has 116 valence electrons. The van der Waals surface area contributed by atoms with E-state index in [0.717, 1.165) is 11.3 Å². The Balaban J connectivity index is 1.98. The van der Waals surface area contributed by atoms with Crippen LogP contribution in [0.3, 0.4) is 0 Å². The van der Waals surface area contributed by atoms with E-state index in [2.05, 4.69) is 10.6 Å². The summed E-state index contributed by atoms with van der Waals surface area (Å²) < 4.78 is 18.3. The van der Waals surface area contributed by atoms with Crippen LogP contribution in [0.15, 0.2) is 36.4 Å². The minimum absolute atomic E-state index is 0.0360. The van der Waals surface area contributed by atoms with E-state index in [0.29, 0.717) is 11.4 Å². The molecule has 0 bridgehead atoms. The lowest BCUT2D eigenvalue weighted by Crippen LogP contribution is -2.22. The van der Waals surface area contributed by atoms with Crippen molar-refractivity contribution < 1.29 is 13.9 Å². The molecule has 6 heteroatoms. The number of ether oxygens (including phenoxy) is 1. The molecule has 0 atom stereocenters. The first-order chi connectivity index (χ1) is 10.5. The first kappa shape index (κ1) is 16.1. The van der Waals surface area contributed by atoms with Crippen molar-refractivity contribution in [3.05, 3.63) is 52.8 Å². The van der Waals surface area contributed by atoms with Crippen LogP contribution in [0.5, 0.6) is 5.75 Å². The maximum absolute atomic E-state index is 13.1. The molecular formula is C16H16ClFN2O2. The second-order valence-electron chi connectivity index (χ2n) is 4.73. The lowest BCUT2D eigenvalue weighted by molar-refractivity contribution is -0.114. The average Bonchev–Trinajstić information content (AvgIpc) is 2.49. The van der Waals surface area contributed by atoms with Gasteiger partial charge in [0.25, 0.3) is 0 Å². The molecule has 2 N–H and O–H groups in total. The zero-order chi connectivity index (χ0) is 16.1. The number of nitrogens with one attached hydrogen (secondary N) is 2. The molecule has 1 amide bonds. The van der Waals surface area contributed by atoms with Crippen molar-refractivity contribution in [1.82, 2.24) is 0 Å². The van der Waals surface area contributed by atoms with Gasteiger partial charge in [0, 0.05) is 5.69 Å². The standard InChI is InChI=1S/C16H16ClFN2O2/c1-10-3-6-15(22-2)14(7-10)19-9-16(21)20-11-4-5-13(18)12(17)8-11/h3-8,19H,9H2,1-2H3,(H,20,21). The second-order valence-corrected chi connectivity index (χ2v) is 5.14. The molecule has 0 unspecified atom stereocenters. The molecule has 0 radical (unpaired) electrons. The highest BCUT2D eigenvalue weighted by atomic mass is 35.5. The molecule has 0 spiro atoms. The maximum atomic E-state index is 13.1. The minimum Gasteiger partial charge on any atom is -0.495 e. The van der Waals surface area contributed by atoms with E-state index in [9.17, 15) is 9.18 Å². The summed E-state index contributed by atoms with van der Waals surface area (Å²) in [4.78, 5) is 11.9. The van der Waals surface area contributed by atoms with E-state index in [1.165, 1.54) is 18.2 Å². The number of methoxy groups -OCH3 is 1. The number of rotatable bonds is 5. The van der Waals surface area contributed by atoms with E-state index >= 15 is 0 Å². The Kier molecular flexibility index (Phi) is 5.22. The van der Waals surface area contributed by atoms with E-state index in [1.807, 2.05) is 25.1 Å². The summed E-state index contributed by atoms with van der Waals surface area (Å²) in [6, 6.07) is 9.66. The number of hydrogen-bond donors (Lipinski definition) is 2. The van der Waals surface area contributed by atoms with Gasteiger partial charge in [-0.2, -0.15) is 0 Å². The predicted octanol–water partition coefficient (Wildman–Crippen LogP) is 3.85. The summed E-state index contributed by atoms with van der Waals surface area (Å²) in [6.45, 7) is 2.00. The summed E-state index contributed by atoms with van der Waals surface area (Å²) in [6.07, 6.45) is 0. The summed E-state index contributed by atoms with van der Waals surface area (Å²) >= 11 is 5.67. The Morgan fingerprint density at radius 3 is 2.73 bits per heavy atom. The van der Waals surface area contributed by atoms with Gasteiger partial charge in [-0.1, -0.05) is 17.7 Å². The first-order valence-electron chi connectivity index (χ1n) is 6.63. The number of aryl methyl sites for hydroxylation is 1. The van der Waals surface area contributed by atoms with Crippen molar-refractivity contribution in [2.75, 3.05) is 24.3 Å². The lowest BCUT2D eigenvalue weighted by Gasteiger charge is -2.12. The van der Waals surface area contributed by atoms with Crippen molar-refractivity contribution in [3.8, 4) is 5.75 Å². The monoisotopic (exact) mass is 322 g/mol. The molecule has 0 fully saturated rings. The fourth-order valence-electron chi connectivity index (χ4n) is 1.91. The molecule has 22 heavy (non-hydrogen) atoms. The summed E-state index contributed by atoms with van der Waals surface area (Å²) in [5, 5.41) is 5.61. The van der Waals surface area contributed by atoms with Crippen molar-refractivity contribution in [1.29, 1.82) is 0 Å². The normalized spacial score (nSPS) is 10.2. The van der Waals surface area contributed by atoms with Gasteiger partial charge in [-0.3, -0.25) is 4.79 Å². The van der Waals surface area contributed by atoms with Crippen LogP contribution in [0.25, 0.3) is 0 Å². The summed E-state index contributed by atoms with van der Waals surface area (Å²) in [7, 11) is 1.57. The highest BCUT2D eigenvalue weighted by molar-refractivity contribution is 6.31. The number of carbonyl (C=O) groups is 1. The average molecular weight is 323 g/mol. The molecule has 0 saturated heterocycles. The van der Waals surface area contributed by atoms with Crippen LogP contribution in [-0.4, -0.2) is 19.6 Å². The largest absolute Gasteiger partial charge is 0.495 e. The maximum Gasteiger partial charge on any atom is 0.243 e. The number of hydrogen-bond acceptors (Lipinski definition) is 3. The SMILES string of the molecule is COc1ccc(C)cc1NCC(=O)Nc1ccc(F)c(Cl)c1. The molecule has 2 aromatic rings. The zero-order valence-corrected chi connectivity index (χ0v) is 13.0. The van der Waals surface area contributed by atoms with Crippen LogP contribution < -0.4 is 15.4 Å². The molecule has 2 rings (SSSR count). The number of anilines is 2. The van der Waals surface area contributed by atoms with E-state index in [4.69, 9.17) is 16.3 Å². The molecule has 0 aliphatic heterocycles. The number of benzene rings is 2. The molecule has 0 aromatic heterocycles. The second kappa shape index (κ2) is 7.13. The molecule has 0 saturated carbocycles. The molecule has 0 heterocycles. The van der Waals surface area contributed by atoms with Crippen LogP contribution in [0.4, 0.5) is 15.8 Å². The Labute approximate surface area is 133 Å². The van der Waals surface area contributed by atoms with Crippen molar-refractivity contribution in [2.45, 2.75) is 6.92 Å². The third-order valence-electron chi connectivity index (χ3n) is 3.00. The quantitative estimate of drug-likeness (QED) is 0.879. The van der Waals surface area contributed by atoms with Crippen molar-refractivity contribution >= 4 is 28.9 Å². The number of amides is 1. The lowest BCUT2D eigenvalue weighted by atomic mass is 10.2. The van der Waals surface area contributed by atoms with Gasteiger partial charge in [0.05, 0.1) is 24.4 Å². The van der Waals surface area contributed by atoms with Gasteiger partial charge in [0.15, 0.2) is 0 Å². The van der Waals surface area contributed by atoms with Crippen LogP contribution in [0, 0.1) is 12.7 Å². The topological polar surface area (TPSA) is 50.4 Å². The van der Waals surface area contributed by atoms with Gasteiger partial charge >= 0.3 is 0 Å². The highest BCUT2D eigenvalue weighted by Crippen LogP contribution is 2.25. The Hall–Kier alpha value is -2.27. The van der Waals surface area contributed by atoms with Crippen LogP contribution in [0.1, 0.15) is 5.56 Å². The smallest absolute Gasteiger partial charge is 0.243 e. The van der Waals surface area contributed by atoms with E-state index in [1.54, 1.807) is 7.11 Å². The third kappa shape index (κ3) is 4.11. The van der Waals surface area contributed by atoms with Gasteiger partial charge in [0.1, 0.15) is 11.6 Å². The Morgan fingerprint density at radius 2 is 2.05 bits per heavy atom. The van der Waals surface area contributed by atoms with Crippen LogP contribution in [0.2, 0.25) is 5.02 Å². The van der Waals surface area contributed by atoms with Crippen LogP contribution in [-0.2, 0) is 4.79 Å². The summed E-state index contributed by atoms with van der Waals surface area (Å²) in [5.74, 6) is -0.142. The first-order valence-corrected chi connectivity index (χ1v) is 7.01. The Bertz CT molecular complexity index is 692. The molecule has 4 nitrogen and oxygen atoms in total. The highest BCUT2D eigenvalue weighted by Gasteiger charge is 2.07. The molecule has 2 aromatic carbocycles. The fraction of sp³-hybridized carbons (Fsp3) is 0.188. The van der Waals surface area contributed by atoms with E-state index in [-0.39, 0.29) is 17.5 Å². The fourth-order valence-corrected chi connectivity index (χ4v) is 2.10. The minimum atomic E-state index is -0.526. The van der Waals surface area contributed by atoms with E-state index < -0.39 is 5.82 Å². The third-order valence-corrected chi connectivity index (χ3v) is 3.29. The molecule has 0 aliphatic carbocycles. The number of halogens is 2. The van der Waals surface area contributed by atoms with Crippen molar-refractivity contribution in [2.24, 2.45) is 0 Å². The molecular weight excluding hydrogens is 307 g/mol. The molecule has 0 aliphatic rings. The van der Waals surface area contributed by atoms with Crippen molar-refractivity contribution in [3.63, 3.8) is 0 Å². The van der Waals surface area contributed by atoms with Gasteiger partial charge in [-0.25, -0.2) is 4.39 Å². The van der Waals surface area contributed by atoms with Gasteiger partial charge in [-0.05, 0) is 42.8 Å². The zero-order valence-electron chi connectivity index (χ0n) is 12.2. The predicted molar refractivity (Wildman–Crippen MR) is 86.3 cm³/mol. The van der Waals surface area contributed by atoms with Gasteiger partial charge < -0.3 is 15.4 Å². The van der Waals surface area contributed by atoms with Gasteiger partial charge in [-0.15, -0.1) is 0 Å². The Morgan fingerprint density at radius 1 is 1.27 bits per heavy atom. The van der Waals surface area contributed by atoms with Crippen LogP contribution >= 0.6 is 11.6 Å². The summed E-state index contributed by atoms with van der Waals surface area (Å²) in [5.41, 5.74) is 2.22. The number of carbonyl (C=O) groups excluding carboxylic acids is 1. The van der Waals surface area contributed by atoms with Gasteiger partial charge in [0.2, 0.25) is 5.91 Å².